The maximum absolute atomic E-state index is 11.9. The number of unbranched alkanes of at least 4 members (excludes halogenated alkanes) is 2. The van der Waals surface area contributed by atoms with Gasteiger partial charge in [0.2, 0.25) is 0 Å². The van der Waals surface area contributed by atoms with E-state index in [4.69, 9.17) is 0 Å². The second-order valence-electron chi connectivity index (χ2n) is 6.33. The summed E-state index contributed by atoms with van der Waals surface area (Å²) in [5, 5.41) is 0. The molecule has 0 aromatic carbocycles. The average Bonchev–Trinajstić information content (AvgIpc) is 2.75. The van der Waals surface area contributed by atoms with Gasteiger partial charge in [0.15, 0.2) is 0 Å². The normalized spacial score (nSPS) is 15.7. The zero-order valence-electron chi connectivity index (χ0n) is 13.9. The number of allylic oxidation sites excluding steroid dienone is 1. The average molecular weight is 305 g/mol. The fraction of sp³-hybridized carbons (Fsp3) is 0.611. The zero-order chi connectivity index (χ0) is 16.7. The number of amides is 1. The lowest BCUT2D eigenvalue weighted by Gasteiger charge is -2.17. The molecule has 1 aliphatic rings. The second-order valence-corrected chi connectivity index (χ2v) is 6.33. The van der Waals surface area contributed by atoms with Crippen molar-refractivity contribution >= 4 is 17.5 Å². The Balaban J connectivity index is 2.19. The minimum atomic E-state index is -0.149. The Hall–Kier alpha value is -1.71. The van der Waals surface area contributed by atoms with Crippen LogP contribution in [0.3, 0.4) is 0 Å². The summed E-state index contributed by atoms with van der Waals surface area (Å²) in [5.41, 5.74) is 0.738. The Bertz CT molecular complexity index is 459. The molecule has 0 unspecified atom stereocenters. The quantitative estimate of drug-likeness (QED) is 0.582. The lowest BCUT2D eigenvalue weighted by Crippen LogP contribution is -2.24. The van der Waals surface area contributed by atoms with Crippen molar-refractivity contribution in [2.75, 3.05) is 6.54 Å². The van der Waals surface area contributed by atoms with Crippen LogP contribution in [0.2, 0.25) is 0 Å². The highest BCUT2D eigenvalue weighted by Crippen LogP contribution is 2.19. The molecule has 1 amide bonds. The van der Waals surface area contributed by atoms with Crippen molar-refractivity contribution in [3.8, 4) is 0 Å². The molecular weight excluding hydrogens is 278 g/mol. The molecule has 1 aliphatic heterocycles. The molecule has 0 radical (unpaired) electrons. The third kappa shape index (κ3) is 5.58. The molecule has 122 valence electrons. The maximum Gasteiger partial charge on any atom is 0.251 e. The highest BCUT2D eigenvalue weighted by atomic mass is 16.2. The van der Waals surface area contributed by atoms with E-state index in [1.807, 2.05) is 13.8 Å². The van der Waals surface area contributed by atoms with Crippen LogP contribution in [0, 0.1) is 11.8 Å². The summed E-state index contributed by atoms with van der Waals surface area (Å²) in [6, 6.07) is 0. The molecule has 0 aliphatic carbocycles. The SMILES string of the molecule is C=C1C=CC(=O)N1CCCCCC(=O)C[C@H](C(C)=O)C(C)C. The molecule has 0 saturated carbocycles. The number of hydrogen-bond donors (Lipinski definition) is 0. The van der Waals surface area contributed by atoms with E-state index in [9.17, 15) is 14.4 Å². The number of carbonyl (C=O) groups excluding carboxylic acids is 3. The molecule has 4 nitrogen and oxygen atoms in total. The van der Waals surface area contributed by atoms with Crippen LogP contribution < -0.4 is 0 Å². The molecule has 0 spiro atoms. The summed E-state index contributed by atoms with van der Waals surface area (Å²) in [7, 11) is 0. The molecule has 22 heavy (non-hydrogen) atoms. The van der Waals surface area contributed by atoms with Gasteiger partial charge in [-0.05, 0) is 31.8 Å². The van der Waals surface area contributed by atoms with Gasteiger partial charge in [-0.15, -0.1) is 0 Å². The van der Waals surface area contributed by atoms with Gasteiger partial charge < -0.3 is 4.90 Å². The summed E-state index contributed by atoms with van der Waals surface area (Å²) >= 11 is 0. The van der Waals surface area contributed by atoms with Crippen LogP contribution >= 0.6 is 0 Å². The standard InChI is InChI=1S/C18H27NO3/c1-13(2)17(15(4)20)12-16(21)8-6-5-7-11-19-14(3)9-10-18(19)22/h9-10,13,17H,3,5-8,11-12H2,1-2,4H3/t17-/m0/s1. The van der Waals surface area contributed by atoms with E-state index in [0.717, 1.165) is 25.0 Å². The van der Waals surface area contributed by atoms with Gasteiger partial charge in [0.1, 0.15) is 11.6 Å². The van der Waals surface area contributed by atoms with E-state index in [2.05, 4.69) is 6.58 Å². The Morgan fingerprint density at radius 1 is 1.18 bits per heavy atom. The van der Waals surface area contributed by atoms with Crippen LogP contribution in [-0.2, 0) is 14.4 Å². The fourth-order valence-corrected chi connectivity index (χ4v) is 2.71. The Labute approximate surface area is 133 Å². The zero-order valence-corrected chi connectivity index (χ0v) is 13.9. The predicted octanol–water partition coefficient (Wildman–Crippen LogP) is 3.28. The van der Waals surface area contributed by atoms with Gasteiger partial charge in [-0.3, -0.25) is 14.4 Å². The van der Waals surface area contributed by atoms with Crippen LogP contribution in [0.1, 0.15) is 52.9 Å². The van der Waals surface area contributed by atoms with Crippen LogP contribution in [-0.4, -0.2) is 28.9 Å². The van der Waals surface area contributed by atoms with Crippen molar-refractivity contribution in [3.05, 3.63) is 24.4 Å². The van der Waals surface area contributed by atoms with E-state index in [1.165, 1.54) is 6.08 Å². The molecule has 0 bridgehead atoms. The van der Waals surface area contributed by atoms with Gasteiger partial charge in [0.05, 0.1) is 0 Å². The lowest BCUT2D eigenvalue weighted by atomic mass is 9.86. The first-order valence-corrected chi connectivity index (χ1v) is 8.03. The molecule has 0 aromatic rings. The molecule has 1 atom stereocenters. The van der Waals surface area contributed by atoms with Crippen LogP contribution in [0.4, 0.5) is 0 Å². The van der Waals surface area contributed by atoms with E-state index < -0.39 is 0 Å². The van der Waals surface area contributed by atoms with Crippen molar-refractivity contribution < 1.29 is 14.4 Å². The highest BCUT2D eigenvalue weighted by Gasteiger charge is 2.21. The Morgan fingerprint density at radius 3 is 2.36 bits per heavy atom. The van der Waals surface area contributed by atoms with Gasteiger partial charge >= 0.3 is 0 Å². The van der Waals surface area contributed by atoms with Gasteiger partial charge in [0.25, 0.3) is 5.91 Å². The number of hydrogen-bond acceptors (Lipinski definition) is 3. The number of Topliss-reactive ketones (excluding diaryl/α,β-unsaturated/α-hetero) is 2. The summed E-state index contributed by atoms with van der Waals surface area (Å²) in [4.78, 5) is 36.6. The molecule has 0 N–H and O–H groups in total. The third-order valence-electron chi connectivity index (χ3n) is 4.14. The van der Waals surface area contributed by atoms with Crippen LogP contribution in [0.5, 0.6) is 0 Å². The van der Waals surface area contributed by atoms with Crippen LogP contribution in [0.15, 0.2) is 24.4 Å². The van der Waals surface area contributed by atoms with E-state index in [-0.39, 0.29) is 29.3 Å². The number of carbonyl (C=O) groups is 3. The number of rotatable bonds is 10. The first-order chi connectivity index (χ1) is 10.3. The Morgan fingerprint density at radius 2 is 1.86 bits per heavy atom. The summed E-state index contributed by atoms with van der Waals surface area (Å²) in [6.45, 7) is 9.99. The minimum Gasteiger partial charge on any atom is -0.309 e. The summed E-state index contributed by atoms with van der Waals surface area (Å²) in [6.07, 6.45) is 6.69. The van der Waals surface area contributed by atoms with Crippen molar-refractivity contribution in [3.63, 3.8) is 0 Å². The smallest absolute Gasteiger partial charge is 0.251 e. The predicted molar refractivity (Wildman–Crippen MR) is 87.1 cm³/mol. The van der Waals surface area contributed by atoms with Gasteiger partial charge in [-0.1, -0.05) is 26.8 Å². The fourth-order valence-electron chi connectivity index (χ4n) is 2.71. The lowest BCUT2D eigenvalue weighted by molar-refractivity contribution is -0.128. The first kappa shape index (κ1) is 18.3. The number of nitrogens with zero attached hydrogens (tertiary/aromatic N) is 1. The largest absolute Gasteiger partial charge is 0.309 e. The van der Waals surface area contributed by atoms with E-state index in [0.29, 0.717) is 19.4 Å². The molecular formula is C18H27NO3. The molecule has 0 aromatic heterocycles. The summed E-state index contributed by atoms with van der Waals surface area (Å²) in [5.74, 6) is 0.312. The monoisotopic (exact) mass is 305 g/mol. The van der Waals surface area contributed by atoms with Crippen LogP contribution in [0.25, 0.3) is 0 Å². The van der Waals surface area contributed by atoms with Crippen molar-refractivity contribution in [2.45, 2.75) is 52.9 Å². The van der Waals surface area contributed by atoms with E-state index >= 15 is 0 Å². The third-order valence-corrected chi connectivity index (χ3v) is 4.14. The second kappa shape index (κ2) is 8.66. The minimum absolute atomic E-state index is 0.0118. The van der Waals surface area contributed by atoms with Crippen molar-refractivity contribution in [1.82, 2.24) is 4.90 Å². The topological polar surface area (TPSA) is 54.5 Å². The van der Waals surface area contributed by atoms with Crippen molar-refractivity contribution in [2.24, 2.45) is 11.8 Å². The Kier molecular flexibility index (Phi) is 7.22. The molecule has 0 fully saturated rings. The van der Waals surface area contributed by atoms with Gasteiger partial charge in [-0.25, -0.2) is 0 Å². The first-order valence-electron chi connectivity index (χ1n) is 8.03. The van der Waals surface area contributed by atoms with Gasteiger partial charge in [-0.2, -0.15) is 0 Å². The highest BCUT2D eigenvalue weighted by molar-refractivity contribution is 5.93. The van der Waals surface area contributed by atoms with Gasteiger partial charge in [0, 0.05) is 37.1 Å². The van der Waals surface area contributed by atoms with E-state index in [1.54, 1.807) is 17.9 Å². The number of ketones is 2. The maximum atomic E-state index is 11.9. The molecule has 4 heteroatoms. The summed E-state index contributed by atoms with van der Waals surface area (Å²) < 4.78 is 0. The molecule has 0 saturated heterocycles. The van der Waals surface area contributed by atoms with Crippen molar-refractivity contribution in [1.29, 1.82) is 0 Å². The molecule has 1 heterocycles. The molecule has 1 rings (SSSR count).